The molecule has 5 heteroatoms. The van der Waals surface area contributed by atoms with Crippen molar-refractivity contribution in [2.75, 3.05) is 26.2 Å². The summed E-state index contributed by atoms with van der Waals surface area (Å²) in [5.41, 5.74) is 0. The van der Waals surface area contributed by atoms with E-state index in [-0.39, 0.29) is 24.4 Å². The van der Waals surface area contributed by atoms with E-state index in [1.807, 2.05) is 0 Å². The van der Waals surface area contributed by atoms with Crippen LogP contribution in [0.4, 0.5) is 0 Å². The summed E-state index contributed by atoms with van der Waals surface area (Å²) in [4.78, 5) is 14.3. The number of carbonyl (C=O) groups excluding carboxylic acids is 1. The highest BCUT2D eigenvalue weighted by atomic mass is 35.5. The van der Waals surface area contributed by atoms with E-state index in [1.165, 1.54) is 19.4 Å². The minimum absolute atomic E-state index is 0. The lowest BCUT2D eigenvalue weighted by Gasteiger charge is -2.23. The smallest absolute Gasteiger partial charge is 0.237 e. The van der Waals surface area contributed by atoms with E-state index in [9.17, 15) is 4.79 Å². The molecule has 17 heavy (non-hydrogen) atoms. The van der Waals surface area contributed by atoms with Crippen LogP contribution in [0, 0.1) is 0 Å². The van der Waals surface area contributed by atoms with Gasteiger partial charge in [0, 0.05) is 12.6 Å². The lowest BCUT2D eigenvalue weighted by Crippen LogP contribution is -2.46. The highest BCUT2D eigenvalue weighted by Gasteiger charge is 2.26. The molecular weight excluding hydrogens is 238 g/mol. The molecule has 2 atom stereocenters. The number of likely N-dealkylation sites (tertiary alicyclic amines) is 1. The van der Waals surface area contributed by atoms with Crippen molar-refractivity contribution in [3.8, 4) is 0 Å². The normalized spacial score (nSPS) is 29.0. The summed E-state index contributed by atoms with van der Waals surface area (Å²) in [6, 6.07) is 0.631. The van der Waals surface area contributed by atoms with Gasteiger partial charge in [-0.25, -0.2) is 0 Å². The summed E-state index contributed by atoms with van der Waals surface area (Å²) >= 11 is 0. The molecule has 2 rings (SSSR count). The van der Waals surface area contributed by atoms with Crippen LogP contribution < -0.4 is 10.6 Å². The van der Waals surface area contributed by atoms with Gasteiger partial charge < -0.3 is 10.6 Å². The van der Waals surface area contributed by atoms with Crippen molar-refractivity contribution >= 4 is 18.3 Å². The van der Waals surface area contributed by atoms with Gasteiger partial charge in [0.05, 0.1) is 6.04 Å². The Morgan fingerprint density at radius 1 is 1.41 bits per heavy atom. The van der Waals surface area contributed by atoms with E-state index in [0.717, 1.165) is 32.5 Å². The van der Waals surface area contributed by atoms with Crippen molar-refractivity contribution in [1.29, 1.82) is 0 Å². The van der Waals surface area contributed by atoms with Crippen LogP contribution in [0.1, 0.15) is 32.6 Å². The van der Waals surface area contributed by atoms with Crippen LogP contribution in [0.2, 0.25) is 0 Å². The summed E-state index contributed by atoms with van der Waals surface area (Å²) in [5, 5.41) is 6.32. The highest BCUT2D eigenvalue weighted by Crippen LogP contribution is 2.15. The number of nitrogens with one attached hydrogen (secondary N) is 2. The lowest BCUT2D eigenvalue weighted by molar-refractivity contribution is -0.123. The Hall–Kier alpha value is -0.320. The van der Waals surface area contributed by atoms with Crippen LogP contribution in [0.25, 0.3) is 0 Å². The average Bonchev–Trinajstić information content (AvgIpc) is 2.96. The molecule has 0 bridgehead atoms. The molecule has 2 unspecified atom stereocenters. The third-order valence-electron chi connectivity index (χ3n) is 3.79. The highest BCUT2D eigenvalue weighted by molar-refractivity contribution is 5.85. The number of hydrogen-bond donors (Lipinski definition) is 2. The molecule has 0 aliphatic carbocycles. The van der Waals surface area contributed by atoms with Crippen LogP contribution in [0.5, 0.6) is 0 Å². The Kier molecular flexibility index (Phi) is 6.23. The molecule has 2 N–H and O–H groups in total. The van der Waals surface area contributed by atoms with Gasteiger partial charge in [0.25, 0.3) is 0 Å². The molecule has 0 saturated carbocycles. The fraction of sp³-hybridized carbons (Fsp3) is 0.917. The van der Waals surface area contributed by atoms with Crippen LogP contribution in [0.3, 0.4) is 0 Å². The average molecular weight is 262 g/mol. The number of rotatable bonds is 4. The van der Waals surface area contributed by atoms with Crippen LogP contribution in [-0.4, -0.2) is 49.1 Å². The van der Waals surface area contributed by atoms with E-state index in [2.05, 4.69) is 22.5 Å². The van der Waals surface area contributed by atoms with Crippen molar-refractivity contribution in [2.24, 2.45) is 0 Å². The standard InChI is InChI=1S/C12H23N3O.ClH/c1-2-15-8-4-5-10(15)9-14-12(16)11-6-3-7-13-11;/h10-11,13H,2-9H2,1H3,(H,14,16);1H. The molecule has 0 radical (unpaired) electrons. The van der Waals surface area contributed by atoms with Gasteiger partial charge in [-0.3, -0.25) is 9.69 Å². The number of amides is 1. The van der Waals surface area contributed by atoms with Crippen LogP contribution in [-0.2, 0) is 4.79 Å². The zero-order valence-corrected chi connectivity index (χ0v) is 11.4. The number of carbonyl (C=O) groups is 1. The molecule has 2 aliphatic rings. The van der Waals surface area contributed by atoms with Gasteiger partial charge in [-0.2, -0.15) is 0 Å². The van der Waals surface area contributed by atoms with Crippen molar-refractivity contribution in [1.82, 2.24) is 15.5 Å². The SMILES string of the molecule is CCN1CCCC1CNC(=O)C1CCCN1.Cl. The van der Waals surface area contributed by atoms with Crippen molar-refractivity contribution in [2.45, 2.75) is 44.7 Å². The fourth-order valence-corrected chi connectivity index (χ4v) is 2.79. The molecule has 2 heterocycles. The van der Waals surface area contributed by atoms with Gasteiger partial charge >= 0.3 is 0 Å². The van der Waals surface area contributed by atoms with E-state index >= 15 is 0 Å². The minimum atomic E-state index is 0. The molecular formula is C12H24ClN3O. The summed E-state index contributed by atoms with van der Waals surface area (Å²) < 4.78 is 0. The maximum absolute atomic E-state index is 11.8. The molecule has 4 nitrogen and oxygen atoms in total. The third kappa shape index (κ3) is 3.83. The first-order chi connectivity index (χ1) is 7.81. The van der Waals surface area contributed by atoms with Gasteiger partial charge in [0.1, 0.15) is 0 Å². The predicted octanol–water partition coefficient (Wildman–Crippen LogP) is 0.761. The molecule has 100 valence electrons. The summed E-state index contributed by atoms with van der Waals surface area (Å²) in [6.45, 7) is 6.30. The second kappa shape index (κ2) is 7.19. The quantitative estimate of drug-likeness (QED) is 0.786. The van der Waals surface area contributed by atoms with E-state index in [0.29, 0.717) is 6.04 Å². The number of nitrogens with zero attached hydrogens (tertiary/aromatic N) is 1. The Bertz CT molecular complexity index is 244. The molecule has 2 aliphatic heterocycles. The molecule has 0 spiro atoms. The minimum Gasteiger partial charge on any atom is -0.353 e. The first-order valence-electron chi connectivity index (χ1n) is 6.56. The summed E-state index contributed by atoms with van der Waals surface area (Å²) in [7, 11) is 0. The van der Waals surface area contributed by atoms with Crippen molar-refractivity contribution in [3.63, 3.8) is 0 Å². The predicted molar refractivity (Wildman–Crippen MR) is 71.6 cm³/mol. The van der Waals surface area contributed by atoms with Gasteiger partial charge in [-0.05, 0) is 45.3 Å². The Balaban J connectivity index is 0.00000144. The largest absolute Gasteiger partial charge is 0.353 e. The summed E-state index contributed by atoms with van der Waals surface area (Å²) in [5.74, 6) is 0.195. The molecule has 0 aromatic rings. The molecule has 0 aromatic carbocycles. The Morgan fingerprint density at radius 3 is 2.88 bits per heavy atom. The maximum Gasteiger partial charge on any atom is 0.237 e. The zero-order chi connectivity index (χ0) is 11.4. The first kappa shape index (κ1) is 14.7. The van der Waals surface area contributed by atoms with Gasteiger partial charge in [0.2, 0.25) is 5.91 Å². The molecule has 1 amide bonds. The molecule has 2 saturated heterocycles. The van der Waals surface area contributed by atoms with E-state index < -0.39 is 0 Å². The Labute approximate surface area is 110 Å². The number of halogens is 1. The lowest BCUT2D eigenvalue weighted by atomic mass is 10.2. The molecule has 0 aromatic heterocycles. The summed E-state index contributed by atoms with van der Waals surface area (Å²) in [6.07, 6.45) is 4.62. The van der Waals surface area contributed by atoms with Crippen LogP contribution >= 0.6 is 12.4 Å². The third-order valence-corrected chi connectivity index (χ3v) is 3.79. The van der Waals surface area contributed by atoms with Crippen LogP contribution in [0.15, 0.2) is 0 Å². The monoisotopic (exact) mass is 261 g/mol. The zero-order valence-electron chi connectivity index (χ0n) is 10.6. The van der Waals surface area contributed by atoms with Gasteiger partial charge in [-0.15, -0.1) is 12.4 Å². The second-order valence-corrected chi connectivity index (χ2v) is 4.82. The fourth-order valence-electron chi connectivity index (χ4n) is 2.79. The number of hydrogen-bond acceptors (Lipinski definition) is 3. The molecule has 2 fully saturated rings. The maximum atomic E-state index is 11.8. The van der Waals surface area contributed by atoms with Crippen molar-refractivity contribution < 1.29 is 4.79 Å². The second-order valence-electron chi connectivity index (χ2n) is 4.82. The van der Waals surface area contributed by atoms with E-state index in [4.69, 9.17) is 0 Å². The number of likely N-dealkylation sites (N-methyl/N-ethyl adjacent to an activating group) is 1. The Morgan fingerprint density at radius 2 is 2.24 bits per heavy atom. The van der Waals surface area contributed by atoms with Gasteiger partial charge in [0.15, 0.2) is 0 Å². The first-order valence-corrected chi connectivity index (χ1v) is 6.56. The topological polar surface area (TPSA) is 44.4 Å². The van der Waals surface area contributed by atoms with E-state index in [1.54, 1.807) is 0 Å². The van der Waals surface area contributed by atoms with Gasteiger partial charge in [-0.1, -0.05) is 6.92 Å². The van der Waals surface area contributed by atoms with Crippen molar-refractivity contribution in [3.05, 3.63) is 0 Å².